The smallest absolute Gasteiger partial charge is 0.255 e. The van der Waals surface area contributed by atoms with Crippen molar-refractivity contribution in [3.05, 3.63) is 53.6 Å². The molecule has 1 amide bonds. The van der Waals surface area contributed by atoms with E-state index >= 15 is 0 Å². The van der Waals surface area contributed by atoms with Crippen molar-refractivity contribution >= 4 is 11.6 Å². The predicted molar refractivity (Wildman–Crippen MR) is 98.5 cm³/mol. The number of rotatable bonds is 9. The molecule has 25 heavy (non-hydrogen) atoms. The zero-order chi connectivity index (χ0) is 18.1. The molecule has 134 valence electrons. The molecule has 0 saturated carbocycles. The van der Waals surface area contributed by atoms with Gasteiger partial charge in [0.15, 0.2) is 0 Å². The van der Waals surface area contributed by atoms with Gasteiger partial charge in [-0.1, -0.05) is 25.5 Å². The van der Waals surface area contributed by atoms with Crippen LogP contribution in [0.1, 0.15) is 35.7 Å². The molecule has 0 saturated heterocycles. The number of ether oxygens (including phenoxy) is 3. The van der Waals surface area contributed by atoms with Gasteiger partial charge in [-0.3, -0.25) is 4.79 Å². The van der Waals surface area contributed by atoms with Crippen LogP contribution >= 0.6 is 0 Å². The van der Waals surface area contributed by atoms with Crippen molar-refractivity contribution < 1.29 is 19.0 Å². The molecule has 0 aliphatic heterocycles. The number of hydrogen-bond donors (Lipinski definition) is 1. The summed E-state index contributed by atoms with van der Waals surface area (Å²) >= 11 is 0. The summed E-state index contributed by atoms with van der Waals surface area (Å²) in [6.45, 7) is 3.23. The maximum Gasteiger partial charge on any atom is 0.255 e. The van der Waals surface area contributed by atoms with Crippen LogP contribution in [0, 0.1) is 0 Å². The quantitative estimate of drug-likeness (QED) is 0.691. The number of amides is 1. The first-order valence-electron chi connectivity index (χ1n) is 8.38. The van der Waals surface area contributed by atoms with E-state index in [0.29, 0.717) is 36.0 Å². The first-order chi connectivity index (χ1) is 12.2. The molecule has 0 atom stereocenters. The summed E-state index contributed by atoms with van der Waals surface area (Å²) in [7, 11) is 3.18. The van der Waals surface area contributed by atoms with Gasteiger partial charge in [-0.15, -0.1) is 0 Å². The Labute approximate surface area is 148 Å². The van der Waals surface area contributed by atoms with E-state index in [1.807, 2.05) is 12.1 Å². The number of carbonyl (C=O) groups excluding carboxylic acids is 1. The van der Waals surface area contributed by atoms with Crippen LogP contribution in [0.3, 0.4) is 0 Å². The van der Waals surface area contributed by atoms with Crippen LogP contribution in [0.5, 0.6) is 11.5 Å². The highest BCUT2D eigenvalue weighted by Gasteiger charge is 2.12. The average molecular weight is 343 g/mol. The number of carbonyl (C=O) groups is 1. The molecule has 2 aromatic carbocycles. The molecule has 0 fully saturated rings. The second-order valence-electron chi connectivity index (χ2n) is 5.59. The summed E-state index contributed by atoms with van der Waals surface area (Å²) in [6, 6.07) is 12.6. The maximum atomic E-state index is 12.6. The molecule has 0 unspecified atom stereocenters. The Balaban J connectivity index is 2.13. The largest absolute Gasteiger partial charge is 0.496 e. The van der Waals surface area contributed by atoms with Crippen LogP contribution in [0.25, 0.3) is 0 Å². The standard InChI is InChI=1S/C20H25NO4/c1-4-5-12-25-14-16-13-15(10-11-18(16)23-2)20(22)21-17-8-6-7-9-19(17)24-3/h6-11,13H,4-5,12,14H2,1-3H3,(H,21,22). The highest BCUT2D eigenvalue weighted by molar-refractivity contribution is 6.05. The van der Waals surface area contributed by atoms with Crippen molar-refractivity contribution in [3.63, 3.8) is 0 Å². The van der Waals surface area contributed by atoms with Gasteiger partial charge < -0.3 is 19.5 Å². The van der Waals surface area contributed by atoms with Gasteiger partial charge in [0.1, 0.15) is 11.5 Å². The third-order valence-electron chi connectivity index (χ3n) is 3.80. The molecule has 0 heterocycles. The lowest BCUT2D eigenvalue weighted by Crippen LogP contribution is -2.13. The van der Waals surface area contributed by atoms with Crippen LogP contribution in [0.4, 0.5) is 5.69 Å². The Kier molecular flexibility index (Phi) is 7.29. The summed E-state index contributed by atoms with van der Waals surface area (Å²) in [5, 5.41) is 2.87. The van der Waals surface area contributed by atoms with Crippen molar-refractivity contribution in [3.8, 4) is 11.5 Å². The molecule has 2 aromatic rings. The molecule has 5 heteroatoms. The summed E-state index contributed by atoms with van der Waals surface area (Å²) in [5.41, 5.74) is 2.03. The molecular weight excluding hydrogens is 318 g/mol. The van der Waals surface area contributed by atoms with Crippen molar-refractivity contribution in [2.45, 2.75) is 26.4 Å². The van der Waals surface area contributed by atoms with Gasteiger partial charge in [-0.2, -0.15) is 0 Å². The van der Waals surface area contributed by atoms with Gasteiger partial charge >= 0.3 is 0 Å². The maximum absolute atomic E-state index is 12.6. The fraction of sp³-hybridized carbons (Fsp3) is 0.350. The van der Waals surface area contributed by atoms with Crippen LogP contribution in [0.2, 0.25) is 0 Å². The molecule has 5 nitrogen and oxygen atoms in total. The Morgan fingerprint density at radius 2 is 1.80 bits per heavy atom. The Morgan fingerprint density at radius 1 is 1.04 bits per heavy atom. The second kappa shape index (κ2) is 9.69. The number of hydrogen-bond acceptors (Lipinski definition) is 4. The summed E-state index contributed by atoms with van der Waals surface area (Å²) < 4.78 is 16.3. The normalized spacial score (nSPS) is 10.4. The minimum absolute atomic E-state index is 0.207. The van der Waals surface area contributed by atoms with Gasteiger partial charge in [0.25, 0.3) is 5.91 Å². The lowest BCUT2D eigenvalue weighted by atomic mass is 10.1. The van der Waals surface area contributed by atoms with Crippen molar-refractivity contribution in [2.75, 3.05) is 26.1 Å². The van der Waals surface area contributed by atoms with Gasteiger partial charge in [0.05, 0.1) is 26.5 Å². The van der Waals surface area contributed by atoms with E-state index in [4.69, 9.17) is 14.2 Å². The van der Waals surface area contributed by atoms with Crippen LogP contribution in [-0.2, 0) is 11.3 Å². The summed E-state index contributed by atoms with van der Waals surface area (Å²) in [6.07, 6.45) is 2.09. The lowest BCUT2D eigenvalue weighted by molar-refractivity contribution is 0.102. The summed E-state index contributed by atoms with van der Waals surface area (Å²) in [5.74, 6) is 1.12. The fourth-order valence-electron chi connectivity index (χ4n) is 2.40. The number of unbranched alkanes of at least 4 members (excludes halogenated alkanes) is 1. The number of anilines is 1. The zero-order valence-electron chi connectivity index (χ0n) is 15.0. The van der Waals surface area contributed by atoms with Crippen LogP contribution in [0.15, 0.2) is 42.5 Å². The first-order valence-corrected chi connectivity index (χ1v) is 8.38. The number of methoxy groups -OCH3 is 2. The molecule has 1 N–H and O–H groups in total. The van der Waals surface area contributed by atoms with Gasteiger partial charge in [-0.25, -0.2) is 0 Å². The van der Waals surface area contributed by atoms with E-state index < -0.39 is 0 Å². The van der Waals surface area contributed by atoms with E-state index in [1.54, 1.807) is 44.6 Å². The SMILES string of the molecule is CCCCOCc1cc(C(=O)Nc2ccccc2OC)ccc1OC. The fourth-order valence-corrected chi connectivity index (χ4v) is 2.40. The molecule has 0 spiro atoms. The Morgan fingerprint density at radius 3 is 2.52 bits per heavy atom. The molecule has 0 aromatic heterocycles. The third-order valence-corrected chi connectivity index (χ3v) is 3.80. The molecular formula is C20H25NO4. The number of nitrogens with one attached hydrogen (secondary N) is 1. The van der Waals surface area contributed by atoms with E-state index in [0.717, 1.165) is 18.4 Å². The monoisotopic (exact) mass is 343 g/mol. The number of para-hydroxylation sites is 2. The highest BCUT2D eigenvalue weighted by Crippen LogP contribution is 2.25. The number of benzene rings is 2. The first kappa shape index (κ1) is 18.8. The minimum Gasteiger partial charge on any atom is -0.496 e. The minimum atomic E-state index is -0.207. The van der Waals surface area contributed by atoms with E-state index in [9.17, 15) is 4.79 Å². The van der Waals surface area contributed by atoms with Gasteiger partial charge in [0, 0.05) is 17.7 Å². The zero-order valence-corrected chi connectivity index (χ0v) is 15.0. The highest BCUT2D eigenvalue weighted by atomic mass is 16.5. The van der Waals surface area contributed by atoms with Crippen molar-refractivity contribution in [1.82, 2.24) is 0 Å². The van der Waals surface area contributed by atoms with Crippen LogP contribution in [-0.4, -0.2) is 26.7 Å². The molecule has 0 aliphatic rings. The average Bonchev–Trinajstić information content (AvgIpc) is 2.65. The predicted octanol–water partition coefficient (Wildman–Crippen LogP) is 4.27. The van der Waals surface area contributed by atoms with Crippen molar-refractivity contribution in [2.24, 2.45) is 0 Å². The molecule has 0 aliphatic carbocycles. The third kappa shape index (κ3) is 5.22. The molecule has 0 bridgehead atoms. The van der Waals surface area contributed by atoms with E-state index in [-0.39, 0.29) is 5.91 Å². The molecule has 2 rings (SSSR count). The second-order valence-corrected chi connectivity index (χ2v) is 5.59. The van der Waals surface area contributed by atoms with Crippen molar-refractivity contribution in [1.29, 1.82) is 0 Å². The Hall–Kier alpha value is -2.53. The summed E-state index contributed by atoms with van der Waals surface area (Å²) in [4.78, 5) is 12.6. The molecule has 0 radical (unpaired) electrons. The van der Waals surface area contributed by atoms with E-state index in [2.05, 4.69) is 12.2 Å². The van der Waals surface area contributed by atoms with Gasteiger partial charge in [-0.05, 0) is 36.8 Å². The van der Waals surface area contributed by atoms with Gasteiger partial charge in [0.2, 0.25) is 0 Å². The lowest BCUT2D eigenvalue weighted by Gasteiger charge is -2.13. The Bertz CT molecular complexity index is 700. The topological polar surface area (TPSA) is 56.8 Å². The van der Waals surface area contributed by atoms with Crippen LogP contribution < -0.4 is 14.8 Å². The van der Waals surface area contributed by atoms with E-state index in [1.165, 1.54) is 0 Å².